The van der Waals surface area contributed by atoms with Crippen LogP contribution in [0.15, 0.2) is 18.3 Å². The van der Waals surface area contributed by atoms with Gasteiger partial charge in [0.1, 0.15) is 0 Å². The molecule has 1 aromatic rings. The number of pyridine rings is 1. The number of carbonyl (C=O) groups excluding carboxylic acids is 1. The van der Waals surface area contributed by atoms with Gasteiger partial charge in [0.25, 0.3) is 0 Å². The number of aromatic nitrogens is 1. The van der Waals surface area contributed by atoms with Crippen molar-refractivity contribution in [1.82, 2.24) is 19.7 Å². The van der Waals surface area contributed by atoms with Gasteiger partial charge in [-0.3, -0.25) is 14.7 Å². The van der Waals surface area contributed by atoms with Gasteiger partial charge in [0.2, 0.25) is 5.91 Å². The number of fused-ring (bicyclic) bond motifs is 1. The quantitative estimate of drug-likeness (QED) is 0.811. The van der Waals surface area contributed by atoms with Crippen LogP contribution in [0.4, 0.5) is 0 Å². The zero-order valence-corrected chi connectivity index (χ0v) is 14.2. The first-order valence-corrected chi connectivity index (χ1v) is 8.29. The second-order valence-corrected chi connectivity index (χ2v) is 6.96. The fourth-order valence-corrected chi connectivity index (χ4v) is 3.32. The topological polar surface area (TPSA) is 77.0 Å². The minimum absolute atomic E-state index is 0.163. The Morgan fingerprint density at radius 2 is 2.25 bits per heavy atom. The third-order valence-corrected chi connectivity index (χ3v) is 4.69. The summed E-state index contributed by atoms with van der Waals surface area (Å²) in [7, 11) is 4.03. The van der Waals surface area contributed by atoms with Crippen molar-refractivity contribution in [3.8, 4) is 0 Å². The minimum Gasteiger partial charge on any atom is -0.478 e. The smallest absolute Gasteiger partial charge is 0.335 e. The van der Waals surface area contributed by atoms with Crippen LogP contribution < -0.4 is 0 Å². The number of hydrogen-bond acceptors (Lipinski definition) is 5. The molecule has 1 aliphatic carbocycles. The summed E-state index contributed by atoms with van der Waals surface area (Å²) in [6, 6.07) is 3.45. The lowest BCUT2D eigenvalue weighted by molar-refractivity contribution is -0.132. The summed E-state index contributed by atoms with van der Waals surface area (Å²) in [4.78, 5) is 34.1. The maximum absolute atomic E-state index is 12.6. The third kappa shape index (κ3) is 3.91. The number of carboxylic acid groups (broad SMARTS) is 1. The lowest BCUT2D eigenvalue weighted by atomic mass is 10.2. The molecule has 1 saturated heterocycles. The van der Waals surface area contributed by atoms with E-state index in [1.54, 1.807) is 6.07 Å². The molecule has 2 fully saturated rings. The fraction of sp³-hybridized carbons (Fsp3) is 0.588. The van der Waals surface area contributed by atoms with Crippen molar-refractivity contribution in [1.29, 1.82) is 0 Å². The molecule has 0 aromatic carbocycles. The Kier molecular flexibility index (Phi) is 4.82. The maximum Gasteiger partial charge on any atom is 0.335 e. The average Bonchev–Trinajstić information content (AvgIpc) is 3.26. The number of nitrogens with zero attached hydrogens (tertiary/aromatic N) is 4. The summed E-state index contributed by atoms with van der Waals surface area (Å²) in [5, 5.41) is 9.08. The number of aromatic carboxylic acids is 1. The summed E-state index contributed by atoms with van der Waals surface area (Å²) < 4.78 is 0. The summed E-state index contributed by atoms with van der Waals surface area (Å²) >= 11 is 0. The van der Waals surface area contributed by atoms with Gasteiger partial charge in [0.15, 0.2) is 0 Å². The Balaban J connectivity index is 1.65. The minimum atomic E-state index is -0.956. The van der Waals surface area contributed by atoms with Crippen LogP contribution in [0.3, 0.4) is 0 Å². The van der Waals surface area contributed by atoms with Crippen LogP contribution in [0, 0.1) is 5.92 Å². The highest BCUT2D eigenvalue weighted by atomic mass is 16.4. The van der Waals surface area contributed by atoms with E-state index in [0.717, 1.165) is 26.1 Å². The molecule has 1 aliphatic heterocycles. The van der Waals surface area contributed by atoms with Crippen LogP contribution in [-0.2, 0) is 11.3 Å². The molecule has 2 atom stereocenters. The molecule has 1 N–H and O–H groups in total. The molecule has 0 spiro atoms. The molecule has 1 amide bonds. The second kappa shape index (κ2) is 6.86. The van der Waals surface area contributed by atoms with E-state index >= 15 is 0 Å². The number of rotatable bonds is 6. The summed E-state index contributed by atoms with van der Waals surface area (Å²) in [6.45, 7) is 3.40. The molecule has 0 bridgehead atoms. The van der Waals surface area contributed by atoms with Gasteiger partial charge in [-0.1, -0.05) is 0 Å². The molecular formula is C17H24N4O3. The number of carboxylic acids is 1. The predicted octanol–water partition coefficient (Wildman–Crippen LogP) is 0.374. The Morgan fingerprint density at radius 3 is 2.96 bits per heavy atom. The van der Waals surface area contributed by atoms with Crippen molar-refractivity contribution in [2.45, 2.75) is 19.0 Å². The van der Waals surface area contributed by atoms with Crippen LogP contribution >= 0.6 is 0 Å². The number of carbonyl (C=O) groups is 2. The van der Waals surface area contributed by atoms with E-state index < -0.39 is 5.97 Å². The predicted molar refractivity (Wildman–Crippen MR) is 88.6 cm³/mol. The summed E-state index contributed by atoms with van der Waals surface area (Å²) in [5.41, 5.74) is 0.930. The number of amides is 1. The van der Waals surface area contributed by atoms with E-state index in [-0.39, 0.29) is 11.5 Å². The van der Waals surface area contributed by atoms with Crippen molar-refractivity contribution in [2.24, 2.45) is 5.92 Å². The molecule has 1 saturated carbocycles. The van der Waals surface area contributed by atoms with Crippen molar-refractivity contribution in [3.05, 3.63) is 29.6 Å². The highest BCUT2D eigenvalue weighted by Gasteiger charge is 2.47. The monoisotopic (exact) mass is 332 g/mol. The SMILES string of the molecule is CN(C)CCN1C(=O)CN(Cc2cc(C(=O)O)ccn2)CC2CC21. The number of hydrogen-bond donors (Lipinski definition) is 1. The van der Waals surface area contributed by atoms with Crippen LogP contribution in [0.2, 0.25) is 0 Å². The van der Waals surface area contributed by atoms with E-state index in [4.69, 9.17) is 5.11 Å². The Bertz CT molecular complexity index is 634. The molecular weight excluding hydrogens is 308 g/mol. The van der Waals surface area contributed by atoms with Crippen molar-refractivity contribution >= 4 is 11.9 Å². The first-order valence-electron chi connectivity index (χ1n) is 8.29. The van der Waals surface area contributed by atoms with E-state index in [9.17, 15) is 9.59 Å². The molecule has 2 heterocycles. The lowest BCUT2D eigenvalue weighted by Crippen LogP contribution is -2.41. The Labute approximate surface area is 141 Å². The van der Waals surface area contributed by atoms with E-state index in [2.05, 4.69) is 14.8 Å². The zero-order chi connectivity index (χ0) is 17.3. The van der Waals surface area contributed by atoms with E-state index in [1.165, 1.54) is 12.3 Å². The molecule has 7 heteroatoms. The molecule has 0 radical (unpaired) electrons. The van der Waals surface area contributed by atoms with Gasteiger partial charge in [-0.2, -0.15) is 0 Å². The zero-order valence-electron chi connectivity index (χ0n) is 14.2. The van der Waals surface area contributed by atoms with Crippen LogP contribution in [-0.4, -0.2) is 83.0 Å². The maximum atomic E-state index is 12.6. The van der Waals surface area contributed by atoms with Crippen LogP contribution in [0.1, 0.15) is 22.5 Å². The van der Waals surface area contributed by atoms with Gasteiger partial charge < -0.3 is 14.9 Å². The van der Waals surface area contributed by atoms with Gasteiger partial charge in [-0.15, -0.1) is 0 Å². The van der Waals surface area contributed by atoms with Crippen LogP contribution in [0.5, 0.6) is 0 Å². The largest absolute Gasteiger partial charge is 0.478 e. The van der Waals surface area contributed by atoms with E-state index in [0.29, 0.717) is 30.7 Å². The van der Waals surface area contributed by atoms with Crippen LogP contribution in [0.25, 0.3) is 0 Å². The van der Waals surface area contributed by atoms with Gasteiger partial charge in [-0.25, -0.2) is 4.79 Å². The molecule has 7 nitrogen and oxygen atoms in total. The summed E-state index contributed by atoms with van der Waals surface area (Å²) in [5.74, 6) is -0.264. The van der Waals surface area contributed by atoms with Gasteiger partial charge in [-0.05, 0) is 38.6 Å². The lowest BCUT2D eigenvalue weighted by Gasteiger charge is -2.25. The third-order valence-electron chi connectivity index (χ3n) is 4.69. The molecule has 2 unspecified atom stereocenters. The summed E-state index contributed by atoms with van der Waals surface area (Å²) in [6.07, 6.45) is 2.58. The van der Waals surface area contributed by atoms with Gasteiger partial charge >= 0.3 is 5.97 Å². The van der Waals surface area contributed by atoms with Gasteiger partial charge in [0.05, 0.1) is 17.8 Å². The first-order chi connectivity index (χ1) is 11.4. The van der Waals surface area contributed by atoms with Crippen molar-refractivity contribution in [2.75, 3.05) is 40.3 Å². The second-order valence-electron chi connectivity index (χ2n) is 6.96. The normalized spacial score (nSPS) is 24.0. The fourth-order valence-electron chi connectivity index (χ4n) is 3.32. The highest BCUT2D eigenvalue weighted by Crippen LogP contribution is 2.38. The van der Waals surface area contributed by atoms with Crippen molar-refractivity contribution < 1.29 is 14.7 Å². The van der Waals surface area contributed by atoms with Crippen molar-refractivity contribution in [3.63, 3.8) is 0 Å². The highest BCUT2D eigenvalue weighted by molar-refractivity contribution is 5.87. The molecule has 1 aromatic heterocycles. The number of likely N-dealkylation sites (N-methyl/N-ethyl adjacent to an activating group) is 1. The molecule has 2 aliphatic rings. The molecule has 130 valence electrons. The standard InChI is InChI=1S/C17H24N4O3/c1-19(2)5-6-21-15-8-13(15)9-20(11-16(21)22)10-14-7-12(17(23)24)3-4-18-14/h3-4,7,13,15H,5-6,8-11H2,1-2H3,(H,23,24). The van der Waals surface area contributed by atoms with Gasteiger partial charge in [0, 0.05) is 38.4 Å². The molecule has 24 heavy (non-hydrogen) atoms. The Morgan fingerprint density at radius 1 is 1.46 bits per heavy atom. The average molecular weight is 332 g/mol. The Hall–Kier alpha value is -1.99. The van der Waals surface area contributed by atoms with E-state index in [1.807, 2.05) is 19.0 Å². The molecule has 3 rings (SSSR count). The first kappa shape index (κ1) is 16.9.